The van der Waals surface area contributed by atoms with Crippen molar-refractivity contribution in [3.05, 3.63) is 77.1 Å². The van der Waals surface area contributed by atoms with E-state index in [9.17, 15) is 4.79 Å². The molecule has 0 bridgehead atoms. The summed E-state index contributed by atoms with van der Waals surface area (Å²) in [4.78, 5) is 26.3. The number of hydrogen-bond acceptors (Lipinski definition) is 4. The Morgan fingerprint density at radius 2 is 1.55 bits per heavy atom. The van der Waals surface area contributed by atoms with E-state index in [0.717, 1.165) is 47.1 Å². The van der Waals surface area contributed by atoms with Gasteiger partial charge < -0.3 is 9.80 Å². The number of carbonyl (C=O) groups is 1. The molecule has 2 heterocycles. The fourth-order valence-electron chi connectivity index (χ4n) is 3.67. The molecule has 5 heteroatoms. The number of amides is 1. The van der Waals surface area contributed by atoms with E-state index in [-0.39, 0.29) is 5.91 Å². The summed E-state index contributed by atoms with van der Waals surface area (Å²) in [6.07, 6.45) is 0. The van der Waals surface area contributed by atoms with Crippen molar-refractivity contribution in [2.75, 3.05) is 31.1 Å². The Kier molecular flexibility index (Phi) is 5.30. The molecule has 1 amide bonds. The van der Waals surface area contributed by atoms with Gasteiger partial charge in [-0.05, 0) is 44.0 Å². The molecule has 0 unspecified atom stereocenters. The highest BCUT2D eigenvalue weighted by Crippen LogP contribution is 2.23. The predicted molar refractivity (Wildman–Crippen MR) is 116 cm³/mol. The third-order valence-corrected chi connectivity index (χ3v) is 5.54. The minimum absolute atomic E-state index is 0.108. The number of aryl methyl sites for hydroxylation is 3. The highest BCUT2D eigenvalue weighted by molar-refractivity contribution is 5.94. The molecular weight excluding hydrogens is 360 g/mol. The third kappa shape index (κ3) is 4.14. The number of aromatic nitrogens is 2. The summed E-state index contributed by atoms with van der Waals surface area (Å²) in [7, 11) is 0. The smallest absolute Gasteiger partial charge is 0.253 e. The van der Waals surface area contributed by atoms with Crippen LogP contribution in [-0.2, 0) is 0 Å². The number of hydrogen-bond donors (Lipinski definition) is 0. The lowest BCUT2D eigenvalue weighted by molar-refractivity contribution is 0.0746. The molecule has 5 nitrogen and oxygen atoms in total. The topological polar surface area (TPSA) is 49.3 Å². The van der Waals surface area contributed by atoms with Crippen molar-refractivity contribution in [1.82, 2.24) is 14.9 Å². The van der Waals surface area contributed by atoms with Gasteiger partial charge in [-0.2, -0.15) is 0 Å². The average Bonchev–Trinajstić information content (AvgIpc) is 2.75. The summed E-state index contributed by atoms with van der Waals surface area (Å²) in [6, 6.07) is 18.1. The monoisotopic (exact) mass is 386 g/mol. The molecule has 4 rings (SSSR count). The molecule has 0 spiro atoms. The van der Waals surface area contributed by atoms with Crippen LogP contribution in [0, 0.1) is 20.8 Å². The van der Waals surface area contributed by atoms with Crippen molar-refractivity contribution < 1.29 is 4.79 Å². The van der Waals surface area contributed by atoms with Crippen molar-refractivity contribution in [3.8, 4) is 11.3 Å². The van der Waals surface area contributed by atoms with Gasteiger partial charge in [-0.1, -0.05) is 36.4 Å². The van der Waals surface area contributed by atoms with Crippen LogP contribution in [-0.4, -0.2) is 47.0 Å². The van der Waals surface area contributed by atoms with Gasteiger partial charge in [0, 0.05) is 43.4 Å². The minimum Gasteiger partial charge on any atom is -0.353 e. The second kappa shape index (κ2) is 8.03. The molecule has 1 fully saturated rings. The predicted octanol–water partition coefficient (Wildman–Crippen LogP) is 4.03. The summed E-state index contributed by atoms with van der Waals surface area (Å²) >= 11 is 0. The molecule has 29 heavy (non-hydrogen) atoms. The quantitative estimate of drug-likeness (QED) is 0.682. The number of benzene rings is 2. The van der Waals surface area contributed by atoms with Gasteiger partial charge in [0.05, 0.1) is 5.69 Å². The Balaban J connectivity index is 1.48. The van der Waals surface area contributed by atoms with Crippen LogP contribution < -0.4 is 4.90 Å². The van der Waals surface area contributed by atoms with E-state index in [1.54, 1.807) is 0 Å². The zero-order valence-electron chi connectivity index (χ0n) is 17.2. The van der Waals surface area contributed by atoms with Gasteiger partial charge in [-0.3, -0.25) is 4.79 Å². The van der Waals surface area contributed by atoms with Crippen LogP contribution in [0.3, 0.4) is 0 Å². The Morgan fingerprint density at radius 1 is 0.828 bits per heavy atom. The molecule has 2 aromatic carbocycles. The molecular formula is C24H26N4O. The van der Waals surface area contributed by atoms with E-state index in [1.807, 2.05) is 61.2 Å². The van der Waals surface area contributed by atoms with Gasteiger partial charge in [0.15, 0.2) is 0 Å². The van der Waals surface area contributed by atoms with Crippen molar-refractivity contribution in [1.29, 1.82) is 0 Å². The third-order valence-electron chi connectivity index (χ3n) is 5.54. The number of anilines is 1. The first-order chi connectivity index (χ1) is 14.0. The molecule has 1 aliphatic heterocycles. The van der Waals surface area contributed by atoms with Gasteiger partial charge in [0.1, 0.15) is 11.6 Å². The Morgan fingerprint density at radius 3 is 2.24 bits per heavy atom. The van der Waals surface area contributed by atoms with E-state index in [0.29, 0.717) is 13.1 Å². The maximum atomic E-state index is 12.9. The maximum Gasteiger partial charge on any atom is 0.253 e. The van der Waals surface area contributed by atoms with Gasteiger partial charge in [0.2, 0.25) is 0 Å². The first-order valence-electron chi connectivity index (χ1n) is 10.0. The number of nitrogens with zero attached hydrogens (tertiary/aromatic N) is 4. The van der Waals surface area contributed by atoms with E-state index in [2.05, 4.69) is 33.9 Å². The normalized spacial score (nSPS) is 14.2. The zero-order valence-corrected chi connectivity index (χ0v) is 17.2. The molecule has 0 atom stereocenters. The molecule has 1 aliphatic rings. The maximum absolute atomic E-state index is 12.9. The van der Waals surface area contributed by atoms with E-state index in [1.165, 1.54) is 5.56 Å². The van der Waals surface area contributed by atoms with Gasteiger partial charge in [-0.15, -0.1) is 0 Å². The molecule has 1 aromatic heterocycles. The van der Waals surface area contributed by atoms with Crippen LogP contribution in [0.2, 0.25) is 0 Å². The highest BCUT2D eigenvalue weighted by atomic mass is 16.2. The summed E-state index contributed by atoms with van der Waals surface area (Å²) in [6.45, 7) is 8.95. The molecule has 0 aliphatic carbocycles. The molecule has 0 N–H and O–H groups in total. The molecule has 0 radical (unpaired) electrons. The first kappa shape index (κ1) is 19.1. The number of carbonyl (C=O) groups excluding carboxylic acids is 1. The minimum atomic E-state index is 0.108. The van der Waals surface area contributed by atoms with Crippen molar-refractivity contribution >= 4 is 11.7 Å². The standard InChI is InChI=1S/C24H26N4O/c1-17-9-10-21(15-18(17)2)24(29)28-13-11-27(12-14-28)23-16-22(25-19(3)26-23)20-7-5-4-6-8-20/h4-10,15-16H,11-14H2,1-3H3. The zero-order chi connectivity index (χ0) is 20.4. The first-order valence-corrected chi connectivity index (χ1v) is 10.0. The number of piperazine rings is 1. The molecule has 0 saturated carbocycles. The van der Waals surface area contributed by atoms with Crippen LogP contribution in [0.25, 0.3) is 11.3 Å². The Labute approximate surface area is 172 Å². The Hall–Kier alpha value is -3.21. The van der Waals surface area contributed by atoms with E-state index in [4.69, 9.17) is 0 Å². The highest BCUT2D eigenvalue weighted by Gasteiger charge is 2.23. The van der Waals surface area contributed by atoms with Crippen LogP contribution in [0.4, 0.5) is 5.82 Å². The van der Waals surface area contributed by atoms with Crippen LogP contribution in [0.1, 0.15) is 27.3 Å². The van der Waals surface area contributed by atoms with E-state index < -0.39 is 0 Å². The SMILES string of the molecule is Cc1nc(-c2ccccc2)cc(N2CCN(C(=O)c3ccc(C)c(C)c3)CC2)n1. The molecule has 1 saturated heterocycles. The lowest BCUT2D eigenvalue weighted by Gasteiger charge is -2.35. The fourth-order valence-corrected chi connectivity index (χ4v) is 3.67. The van der Waals surface area contributed by atoms with Crippen LogP contribution in [0.5, 0.6) is 0 Å². The summed E-state index contributed by atoms with van der Waals surface area (Å²) < 4.78 is 0. The van der Waals surface area contributed by atoms with Gasteiger partial charge in [-0.25, -0.2) is 9.97 Å². The molecule has 3 aromatic rings. The number of rotatable bonds is 3. The fraction of sp³-hybridized carbons (Fsp3) is 0.292. The average molecular weight is 386 g/mol. The van der Waals surface area contributed by atoms with Crippen molar-refractivity contribution in [3.63, 3.8) is 0 Å². The van der Waals surface area contributed by atoms with Crippen LogP contribution in [0.15, 0.2) is 54.6 Å². The van der Waals surface area contributed by atoms with Gasteiger partial charge >= 0.3 is 0 Å². The van der Waals surface area contributed by atoms with Gasteiger partial charge in [0.25, 0.3) is 5.91 Å². The van der Waals surface area contributed by atoms with Crippen LogP contribution >= 0.6 is 0 Å². The summed E-state index contributed by atoms with van der Waals surface area (Å²) in [5.74, 6) is 1.79. The van der Waals surface area contributed by atoms with Crippen molar-refractivity contribution in [2.24, 2.45) is 0 Å². The Bertz CT molecular complexity index is 1020. The summed E-state index contributed by atoms with van der Waals surface area (Å²) in [5.41, 5.74) is 5.15. The molecule has 148 valence electrons. The lowest BCUT2D eigenvalue weighted by Crippen LogP contribution is -2.49. The second-order valence-electron chi connectivity index (χ2n) is 7.60. The second-order valence-corrected chi connectivity index (χ2v) is 7.60. The largest absolute Gasteiger partial charge is 0.353 e. The summed E-state index contributed by atoms with van der Waals surface area (Å²) in [5, 5.41) is 0. The lowest BCUT2D eigenvalue weighted by atomic mass is 10.1. The van der Waals surface area contributed by atoms with E-state index >= 15 is 0 Å². The van der Waals surface area contributed by atoms with Crippen molar-refractivity contribution in [2.45, 2.75) is 20.8 Å².